The van der Waals surface area contributed by atoms with Crippen LogP contribution in [0, 0.1) is 0 Å². The first-order valence-electron chi connectivity index (χ1n) is 8.44. The molecule has 1 N–H and O–H groups in total. The highest BCUT2D eigenvalue weighted by Crippen LogP contribution is 2.36. The molecule has 3 rings (SSSR count). The highest BCUT2D eigenvalue weighted by Gasteiger charge is 2.44. The summed E-state index contributed by atoms with van der Waals surface area (Å²) in [5, 5.41) is 17.2. The number of hydrazone groups is 1. The van der Waals surface area contributed by atoms with Gasteiger partial charge >= 0.3 is 0 Å². The van der Waals surface area contributed by atoms with Crippen LogP contribution in [0.15, 0.2) is 47.6 Å². The van der Waals surface area contributed by atoms with Gasteiger partial charge in [0.2, 0.25) is 5.91 Å². The fourth-order valence-corrected chi connectivity index (χ4v) is 3.29. The van der Waals surface area contributed by atoms with E-state index < -0.39 is 5.72 Å². The predicted octanol–water partition coefficient (Wildman–Crippen LogP) is 3.35. The summed E-state index contributed by atoms with van der Waals surface area (Å²) in [7, 11) is 3.09. The van der Waals surface area contributed by atoms with Crippen LogP contribution in [0.5, 0.6) is 11.5 Å². The van der Waals surface area contributed by atoms with Crippen LogP contribution in [0.3, 0.4) is 0 Å². The van der Waals surface area contributed by atoms with Gasteiger partial charge < -0.3 is 14.6 Å². The minimum absolute atomic E-state index is 0.0625. The number of methoxy groups -OCH3 is 2. The van der Waals surface area contributed by atoms with E-state index in [4.69, 9.17) is 21.1 Å². The maximum absolute atomic E-state index is 12.9. The fraction of sp³-hybridized carbons (Fsp3) is 0.300. The molecule has 0 saturated carbocycles. The molecule has 1 amide bonds. The Hall–Kier alpha value is -2.57. The van der Waals surface area contributed by atoms with Gasteiger partial charge in [0.25, 0.3) is 0 Å². The second-order valence-electron chi connectivity index (χ2n) is 6.41. The average molecular weight is 389 g/mol. The molecule has 2 aromatic rings. The van der Waals surface area contributed by atoms with E-state index in [1.165, 1.54) is 7.11 Å². The monoisotopic (exact) mass is 388 g/mol. The van der Waals surface area contributed by atoms with Crippen molar-refractivity contribution in [2.45, 2.75) is 25.5 Å². The first kappa shape index (κ1) is 19.2. The summed E-state index contributed by atoms with van der Waals surface area (Å²) in [6.07, 6.45) is 0.305. The Morgan fingerprint density at radius 3 is 2.48 bits per heavy atom. The maximum atomic E-state index is 12.9. The van der Waals surface area contributed by atoms with E-state index in [2.05, 4.69) is 5.10 Å². The number of aliphatic hydroxyl groups is 1. The predicted molar refractivity (Wildman–Crippen MR) is 103 cm³/mol. The Morgan fingerprint density at radius 1 is 1.19 bits per heavy atom. The molecule has 142 valence electrons. The summed E-state index contributed by atoms with van der Waals surface area (Å²) in [4.78, 5) is 12.9. The number of carbonyl (C=O) groups is 1. The third-order valence-electron chi connectivity index (χ3n) is 4.47. The lowest BCUT2D eigenvalue weighted by molar-refractivity contribution is -0.157. The van der Waals surface area contributed by atoms with Crippen LogP contribution in [-0.4, -0.2) is 36.0 Å². The summed E-state index contributed by atoms with van der Waals surface area (Å²) < 4.78 is 10.5. The third-order valence-corrected chi connectivity index (χ3v) is 4.72. The van der Waals surface area contributed by atoms with Crippen LogP contribution < -0.4 is 9.47 Å². The Kier molecular flexibility index (Phi) is 5.39. The number of rotatable bonds is 5. The molecule has 1 atom stereocenters. The van der Waals surface area contributed by atoms with Crippen LogP contribution in [0.25, 0.3) is 0 Å². The van der Waals surface area contributed by atoms with Gasteiger partial charge in [-0.2, -0.15) is 10.1 Å². The molecule has 0 radical (unpaired) electrons. The first-order valence-corrected chi connectivity index (χ1v) is 8.81. The van der Waals surface area contributed by atoms with Gasteiger partial charge in [-0.25, -0.2) is 0 Å². The number of carbonyl (C=O) groups excluding carboxylic acids is 1. The minimum atomic E-state index is -1.53. The number of benzene rings is 2. The molecule has 0 aromatic heterocycles. The lowest BCUT2D eigenvalue weighted by atomic mass is 9.97. The van der Waals surface area contributed by atoms with Crippen molar-refractivity contribution >= 4 is 23.2 Å². The Balaban J connectivity index is 1.87. The van der Waals surface area contributed by atoms with Crippen LogP contribution >= 0.6 is 11.6 Å². The van der Waals surface area contributed by atoms with E-state index in [-0.39, 0.29) is 18.7 Å². The Bertz CT molecular complexity index is 882. The standard InChI is InChI=1S/C20H21ClN2O4/c1-13-12-20(25,15-5-7-16(21)8-6-15)23(22-13)19(24)11-14-4-9-17(26-2)18(10-14)27-3/h4-10,25H,11-12H2,1-3H3. The Morgan fingerprint density at radius 2 is 1.85 bits per heavy atom. The molecule has 1 aliphatic rings. The number of nitrogens with zero attached hydrogens (tertiary/aromatic N) is 2. The minimum Gasteiger partial charge on any atom is -0.493 e. The molecule has 1 unspecified atom stereocenters. The molecule has 1 aliphatic heterocycles. The van der Waals surface area contributed by atoms with Gasteiger partial charge in [-0.15, -0.1) is 0 Å². The molecule has 6 nitrogen and oxygen atoms in total. The Labute approximate surface area is 163 Å². The van der Waals surface area contributed by atoms with Crippen molar-refractivity contribution in [3.63, 3.8) is 0 Å². The van der Waals surface area contributed by atoms with Gasteiger partial charge in [0.1, 0.15) is 0 Å². The molecule has 0 fully saturated rings. The topological polar surface area (TPSA) is 71.4 Å². The lowest BCUT2D eigenvalue weighted by Crippen LogP contribution is -2.44. The zero-order valence-corrected chi connectivity index (χ0v) is 16.2. The quantitative estimate of drug-likeness (QED) is 0.852. The molecule has 27 heavy (non-hydrogen) atoms. The maximum Gasteiger partial charge on any atom is 0.250 e. The number of hydrogen-bond acceptors (Lipinski definition) is 5. The second kappa shape index (κ2) is 7.58. The molecule has 0 aliphatic carbocycles. The fourth-order valence-electron chi connectivity index (χ4n) is 3.16. The molecule has 1 heterocycles. The second-order valence-corrected chi connectivity index (χ2v) is 6.84. The van der Waals surface area contributed by atoms with Crippen LogP contribution in [0.4, 0.5) is 0 Å². The van der Waals surface area contributed by atoms with E-state index in [0.29, 0.717) is 27.8 Å². The molecule has 2 aromatic carbocycles. The van der Waals surface area contributed by atoms with Gasteiger partial charge in [-0.3, -0.25) is 4.79 Å². The van der Waals surface area contributed by atoms with Crippen molar-refractivity contribution in [3.05, 3.63) is 58.6 Å². The van der Waals surface area contributed by atoms with Gasteiger partial charge in [0, 0.05) is 22.7 Å². The molecule has 7 heteroatoms. The molecular weight excluding hydrogens is 368 g/mol. The van der Waals surface area contributed by atoms with Crippen molar-refractivity contribution in [2.24, 2.45) is 5.10 Å². The summed E-state index contributed by atoms with van der Waals surface area (Å²) in [6, 6.07) is 12.0. The summed E-state index contributed by atoms with van der Waals surface area (Å²) in [5.74, 6) is 0.801. The van der Waals surface area contributed by atoms with E-state index >= 15 is 0 Å². The number of amides is 1. The SMILES string of the molecule is COc1ccc(CC(=O)N2N=C(C)CC2(O)c2ccc(Cl)cc2)cc1OC. The van der Waals surface area contributed by atoms with E-state index in [1.54, 1.807) is 56.5 Å². The van der Waals surface area contributed by atoms with Gasteiger partial charge in [0.05, 0.1) is 20.6 Å². The summed E-state index contributed by atoms with van der Waals surface area (Å²) >= 11 is 5.94. The zero-order chi connectivity index (χ0) is 19.6. The molecule has 0 bridgehead atoms. The number of halogens is 1. The van der Waals surface area contributed by atoms with Crippen molar-refractivity contribution in [2.75, 3.05) is 14.2 Å². The summed E-state index contributed by atoms with van der Waals surface area (Å²) in [5.41, 5.74) is 0.444. The molecule has 0 saturated heterocycles. The van der Waals surface area contributed by atoms with Crippen LogP contribution in [-0.2, 0) is 16.9 Å². The normalized spacial score (nSPS) is 19.0. The summed E-state index contributed by atoms with van der Waals surface area (Å²) in [6.45, 7) is 1.78. The van der Waals surface area contributed by atoms with Crippen molar-refractivity contribution in [3.8, 4) is 11.5 Å². The lowest BCUT2D eigenvalue weighted by Gasteiger charge is -2.31. The van der Waals surface area contributed by atoms with Gasteiger partial charge in [-0.1, -0.05) is 29.8 Å². The van der Waals surface area contributed by atoms with E-state index in [1.807, 2.05) is 0 Å². The molecular formula is C20H21ClN2O4. The van der Waals surface area contributed by atoms with Crippen molar-refractivity contribution < 1.29 is 19.4 Å². The van der Waals surface area contributed by atoms with E-state index in [9.17, 15) is 9.90 Å². The van der Waals surface area contributed by atoms with Crippen LogP contribution in [0.1, 0.15) is 24.5 Å². The van der Waals surface area contributed by atoms with Crippen molar-refractivity contribution in [1.82, 2.24) is 5.01 Å². The highest BCUT2D eigenvalue weighted by atomic mass is 35.5. The third kappa shape index (κ3) is 3.77. The first-order chi connectivity index (χ1) is 12.9. The zero-order valence-electron chi connectivity index (χ0n) is 15.4. The van der Waals surface area contributed by atoms with E-state index in [0.717, 1.165) is 10.6 Å². The van der Waals surface area contributed by atoms with Crippen molar-refractivity contribution in [1.29, 1.82) is 0 Å². The average Bonchev–Trinajstić information content (AvgIpc) is 2.97. The van der Waals surface area contributed by atoms with Gasteiger partial charge in [0.15, 0.2) is 17.2 Å². The molecule has 0 spiro atoms. The number of hydrogen-bond donors (Lipinski definition) is 1. The van der Waals surface area contributed by atoms with Crippen LogP contribution in [0.2, 0.25) is 5.02 Å². The highest BCUT2D eigenvalue weighted by molar-refractivity contribution is 6.30. The smallest absolute Gasteiger partial charge is 0.250 e. The van der Waals surface area contributed by atoms with Gasteiger partial charge in [-0.05, 0) is 36.8 Å². The number of ether oxygens (including phenoxy) is 2. The largest absolute Gasteiger partial charge is 0.493 e.